The molecule has 3 aromatic rings. The Hall–Kier alpha value is -2.62. The van der Waals surface area contributed by atoms with E-state index >= 15 is 0 Å². The van der Waals surface area contributed by atoms with E-state index in [1.54, 1.807) is 12.1 Å². The van der Waals surface area contributed by atoms with Crippen molar-refractivity contribution >= 4 is 35.1 Å². The quantitative estimate of drug-likeness (QED) is 0.359. The zero-order chi connectivity index (χ0) is 25.5. The third-order valence-electron chi connectivity index (χ3n) is 7.72. The second kappa shape index (κ2) is 10.3. The summed E-state index contributed by atoms with van der Waals surface area (Å²) >= 11 is 12.9. The average Bonchev–Trinajstić information content (AvgIpc) is 3.27. The molecule has 1 saturated heterocycles. The number of ether oxygens (including phenoxy) is 1. The molecule has 6 rings (SSSR count). The second-order valence-electron chi connectivity index (χ2n) is 10.2. The van der Waals surface area contributed by atoms with E-state index in [0.717, 1.165) is 56.5 Å². The number of carbonyl (C=O) groups is 1. The molecule has 2 atom stereocenters. The maximum atomic E-state index is 11.3. The summed E-state index contributed by atoms with van der Waals surface area (Å²) in [6.45, 7) is 1.87. The van der Waals surface area contributed by atoms with Gasteiger partial charge in [-0.3, -0.25) is 4.79 Å². The second-order valence-corrected chi connectivity index (χ2v) is 11.0. The van der Waals surface area contributed by atoms with Crippen molar-refractivity contribution in [2.24, 2.45) is 5.92 Å². The van der Waals surface area contributed by atoms with E-state index in [0.29, 0.717) is 58.5 Å². The van der Waals surface area contributed by atoms with E-state index in [4.69, 9.17) is 37.0 Å². The molecule has 2 aliphatic carbocycles. The Morgan fingerprint density at radius 1 is 1.03 bits per heavy atom. The van der Waals surface area contributed by atoms with Gasteiger partial charge in [-0.15, -0.1) is 0 Å². The van der Waals surface area contributed by atoms with E-state index in [1.807, 2.05) is 6.07 Å². The first-order chi connectivity index (χ1) is 18.0. The van der Waals surface area contributed by atoms with Crippen molar-refractivity contribution in [3.05, 3.63) is 45.5 Å². The van der Waals surface area contributed by atoms with Crippen LogP contribution in [0.5, 0.6) is 0 Å². The average molecular weight is 547 g/mol. The summed E-state index contributed by atoms with van der Waals surface area (Å²) in [6, 6.07) is 5.41. The minimum atomic E-state index is -0.748. The van der Waals surface area contributed by atoms with Crippen LogP contribution in [0.25, 0.3) is 11.3 Å². The monoisotopic (exact) mass is 546 g/mol. The van der Waals surface area contributed by atoms with Gasteiger partial charge in [0.1, 0.15) is 11.5 Å². The van der Waals surface area contributed by atoms with Gasteiger partial charge in [-0.05, 0) is 62.2 Å². The first-order valence-corrected chi connectivity index (χ1v) is 13.6. The van der Waals surface area contributed by atoms with Gasteiger partial charge in [0.2, 0.25) is 5.89 Å². The van der Waals surface area contributed by atoms with Gasteiger partial charge in [-0.1, -0.05) is 34.4 Å². The number of hydrogen-bond acceptors (Lipinski definition) is 8. The van der Waals surface area contributed by atoms with Gasteiger partial charge in [0.15, 0.2) is 0 Å². The molecule has 0 radical (unpaired) electrons. The van der Waals surface area contributed by atoms with Crippen LogP contribution >= 0.6 is 23.2 Å². The zero-order valence-electron chi connectivity index (χ0n) is 20.2. The van der Waals surface area contributed by atoms with Gasteiger partial charge >= 0.3 is 5.97 Å². The number of anilines is 1. The fourth-order valence-electron chi connectivity index (χ4n) is 5.42. The zero-order valence-corrected chi connectivity index (χ0v) is 21.7. The van der Waals surface area contributed by atoms with Crippen molar-refractivity contribution in [2.75, 3.05) is 18.0 Å². The summed E-state index contributed by atoms with van der Waals surface area (Å²) in [4.78, 5) is 17.9. The van der Waals surface area contributed by atoms with Crippen molar-refractivity contribution in [1.29, 1.82) is 0 Å². The Kier molecular flexibility index (Phi) is 6.86. The molecule has 2 aromatic heterocycles. The Labute approximate surface area is 224 Å². The molecule has 1 aliphatic heterocycles. The van der Waals surface area contributed by atoms with Crippen LogP contribution in [0.2, 0.25) is 10.0 Å². The molecular formula is C26H28Cl2N4O5. The van der Waals surface area contributed by atoms with Crippen molar-refractivity contribution in [3.8, 4) is 11.3 Å². The SMILES string of the molecule is O=C(O)[C@H]1CC[C@@H](c2nc(N3CCC(OCc4c(-c5c(Cl)cccc5Cl)noc4C4CC4)CC3)no2)C1. The largest absolute Gasteiger partial charge is 0.481 e. The third-order valence-corrected chi connectivity index (χ3v) is 8.35. The molecule has 3 fully saturated rings. The predicted octanol–water partition coefficient (Wildman–Crippen LogP) is 6.06. The summed E-state index contributed by atoms with van der Waals surface area (Å²) in [7, 11) is 0. The number of aliphatic carboxylic acids is 1. The summed E-state index contributed by atoms with van der Waals surface area (Å²) in [6.07, 6.45) is 5.86. The summed E-state index contributed by atoms with van der Waals surface area (Å²) < 4.78 is 17.6. The number of benzene rings is 1. The molecule has 0 unspecified atom stereocenters. The fraction of sp³-hybridized carbons (Fsp3) is 0.538. The molecule has 0 bridgehead atoms. The van der Waals surface area contributed by atoms with E-state index < -0.39 is 5.97 Å². The highest BCUT2D eigenvalue weighted by atomic mass is 35.5. The molecule has 2 saturated carbocycles. The van der Waals surface area contributed by atoms with Crippen LogP contribution in [0, 0.1) is 5.92 Å². The van der Waals surface area contributed by atoms with Gasteiger partial charge in [-0.2, -0.15) is 4.98 Å². The van der Waals surface area contributed by atoms with Gasteiger partial charge in [0, 0.05) is 36.1 Å². The van der Waals surface area contributed by atoms with Crippen molar-refractivity contribution in [1.82, 2.24) is 15.3 Å². The molecule has 0 amide bonds. The van der Waals surface area contributed by atoms with E-state index in [2.05, 4.69) is 20.2 Å². The minimum absolute atomic E-state index is 0.0215. The molecule has 0 spiro atoms. The molecule has 3 aliphatic rings. The van der Waals surface area contributed by atoms with Crippen LogP contribution in [-0.4, -0.2) is 45.6 Å². The van der Waals surface area contributed by atoms with Crippen molar-refractivity contribution in [2.45, 2.75) is 69.5 Å². The van der Waals surface area contributed by atoms with Crippen LogP contribution in [0.1, 0.15) is 74.0 Å². The molecule has 11 heteroatoms. The normalized spacial score (nSPS) is 22.6. The number of nitrogens with zero attached hydrogens (tertiary/aromatic N) is 4. The Morgan fingerprint density at radius 3 is 2.43 bits per heavy atom. The summed E-state index contributed by atoms with van der Waals surface area (Å²) in [5.74, 6) is 1.31. The van der Waals surface area contributed by atoms with E-state index in [1.165, 1.54) is 0 Å². The maximum absolute atomic E-state index is 11.3. The van der Waals surface area contributed by atoms with Gasteiger partial charge in [-0.25, -0.2) is 0 Å². The fourth-order valence-corrected chi connectivity index (χ4v) is 6.00. The topological polar surface area (TPSA) is 115 Å². The van der Waals surface area contributed by atoms with Crippen LogP contribution in [-0.2, 0) is 16.1 Å². The molecule has 9 nitrogen and oxygen atoms in total. The Balaban J connectivity index is 1.08. The molecule has 37 heavy (non-hydrogen) atoms. The molecular weight excluding hydrogens is 519 g/mol. The van der Waals surface area contributed by atoms with Crippen molar-refractivity contribution < 1.29 is 23.7 Å². The highest BCUT2D eigenvalue weighted by Crippen LogP contribution is 2.46. The lowest BCUT2D eigenvalue weighted by atomic mass is 10.0. The number of carboxylic acids is 1. The van der Waals surface area contributed by atoms with Crippen molar-refractivity contribution in [3.63, 3.8) is 0 Å². The third kappa shape index (κ3) is 5.09. The summed E-state index contributed by atoms with van der Waals surface area (Å²) in [5, 5.41) is 18.8. The standard InChI is InChI=1S/C26H28Cl2N4O5/c27-19-2-1-3-20(28)21(19)22-18(23(36-30-22)14-4-5-14)13-35-17-8-10-32(11-9-17)26-29-24(37-31-26)15-6-7-16(12-15)25(33)34/h1-3,14-17H,4-13H2,(H,33,34)/t15-,16+/m1/s1. The van der Waals surface area contributed by atoms with Crippen LogP contribution in [0.4, 0.5) is 5.95 Å². The van der Waals surface area contributed by atoms with Gasteiger partial charge < -0.3 is 23.8 Å². The highest BCUT2D eigenvalue weighted by Gasteiger charge is 2.36. The lowest BCUT2D eigenvalue weighted by molar-refractivity contribution is -0.141. The molecule has 1 N–H and O–H groups in total. The van der Waals surface area contributed by atoms with Gasteiger partial charge in [0.25, 0.3) is 5.95 Å². The molecule has 1 aromatic carbocycles. The maximum Gasteiger partial charge on any atom is 0.306 e. The lowest BCUT2D eigenvalue weighted by Crippen LogP contribution is -2.37. The predicted molar refractivity (Wildman–Crippen MR) is 136 cm³/mol. The molecule has 196 valence electrons. The number of rotatable bonds is 8. The highest BCUT2D eigenvalue weighted by molar-refractivity contribution is 6.39. The minimum Gasteiger partial charge on any atom is -0.481 e. The summed E-state index contributed by atoms with van der Waals surface area (Å²) in [5.41, 5.74) is 2.27. The first-order valence-electron chi connectivity index (χ1n) is 12.8. The van der Waals surface area contributed by atoms with Crippen LogP contribution in [0.15, 0.2) is 27.2 Å². The lowest BCUT2D eigenvalue weighted by Gasteiger charge is -2.30. The van der Waals surface area contributed by atoms with Crippen LogP contribution < -0.4 is 4.90 Å². The molecule has 3 heterocycles. The van der Waals surface area contributed by atoms with E-state index in [-0.39, 0.29) is 17.9 Å². The van der Waals surface area contributed by atoms with Gasteiger partial charge in [0.05, 0.1) is 28.7 Å². The van der Waals surface area contributed by atoms with E-state index in [9.17, 15) is 9.90 Å². The number of carboxylic acid groups (broad SMARTS) is 1. The smallest absolute Gasteiger partial charge is 0.306 e. The Bertz CT molecular complexity index is 1260. The number of hydrogen-bond donors (Lipinski definition) is 1. The number of halogens is 2. The number of aromatic nitrogens is 3. The number of piperidine rings is 1. The van der Waals surface area contributed by atoms with Crippen LogP contribution in [0.3, 0.4) is 0 Å². The Morgan fingerprint density at radius 2 is 1.76 bits per heavy atom. The first kappa shape index (κ1) is 24.7.